The molecule has 0 atom stereocenters. The third-order valence-electron chi connectivity index (χ3n) is 4.09. The van der Waals surface area contributed by atoms with Crippen molar-refractivity contribution in [1.29, 1.82) is 0 Å². The summed E-state index contributed by atoms with van der Waals surface area (Å²) in [6, 6.07) is 9.88. The number of para-hydroxylation sites is 1. The summed E-state index contributed by atoms with van der Waals surface area (Å²) >= 11 is 0. The molecule has 0 saturated heterocycles. The van der Waals surface area contributed by atoms with Gasteiger partial charge in [-0.2, -0.15) is 0 Å². The highest BCUT2D eigenvalue weighted by Gasteiger charge is 2.18. The molecule has 0 aliphatic carbocycles. The predicted octanol–water partition coefficient (Wildman–Crippen LogP) is 2.79. The number of carbonyl (C=O) groups excluding carboxylic acids is 2. The SMILES string of the molecule is CCOc1cc(C(=O)NCC#CCOc2ccccc2C(N)=O)cc(OCC)c1OCC. The van der Waals surface area contributed by atoms with Crippen LogP contribution in [0.1, 0.15) is 41.5 Å². The fourth-order valence-electron chi connectivity index (χ4n) is 2.77. The van der Waals surface area contributed by atoms with Crippen molar-refractivity contribution in [2.75, 3.05) is 33.0 Å². The average Bonchev–Trinajstić information content (AvgIpc) is 2.78. The minimum atomic E-state index is -0.575. The van der Waals surface area contributed by atoms with E-state index in [1.54, 1.807) is 36.4 Å². The molecule has 0 radical (unpaired) electrons. The van der Waals surface area contributed by atoms with Gasteiger partial charge in [-0.05, 0) is 45.0 Å². The van der Waals surface area contributed by atoms with E-state index in [2.05, 4.69) is 17.2 Å². The molecule has 8 nitrogen and oxygen atoms in total. The van der Waals surface area contributed by atoms with Crippen molar-refractivity contribution in [2.45, 2.75) is 20.8 Å². The number of carbonyl (C=O) groups is 2. The smallest absolute Gasteiger partial charge is 0.252 e. The van der Waals surface area contributed by atoms with Crippen molar-refractivity contribution in [3.63, 3.8) is 0 Å². The number of hydrogen-bond donors (Lipinski definition) is 2. The molecule has 2 aromatic carbocycles. The molecule has 2 aromatic rings. The molecule has 0 heterocycles. The van der Waals surface area contributed by atoms with Crippen LogP contribution in [0.25, 0.3) is 0 Å². The van der Waals surface area contributed by atoms with E-state index >= 15 is 0 Å². The summed E-state index contributed by atoms with van der Waals surface area (Å²) < 4.78 is 22.4. The Morgan fingerprint density at radius 3 is 2.09 bits per heavy atom. The molecule has 8 heteroatoms. The van der Waals surface area contributed by atoms with Crippen molar-refractivity contribution in [3.8, 4) is 34.8 Å². The van der Waals surface area contributed by atoms with Crippen LogP contribution < -0.4 is 30.0 Å². The van der Waals surface area contributed by atoms with Gasteiger partial charge >= 0.3 is 0 Å². The standard InChI is InChI=1S/C24H28N2O6/c1-4-29-20-15-17(16-21(30-5-2)22(20)31-6-3)24(28)26-13-9-10-14-32-19-12-8-7-11-18(19)23(25)27/h7-8,11-12,15-16H,4-6,13-14H2,1-3H3,(H2,25,27)(H,26,28). The molecule has 0 aliphatic rings. The summed E-state index contributed by atoms with van der Waals surface area (Å²) in [5.74, 6) is 6.41. The van der Waals surface area contributed by atoms with E-state index in [1.165, 1.54) is 0 Å². The summed E-state index contributed by atoms with van der Waals surface area (Å²) in [4.78, 5) is 24.0. The Bertz CT molecular complexity index is 966. The second-order valence-electron chi connectivity index (χ2n) is 6.29. The van der Waals surface area contributed by atoms with Crippen LogP contribution in [-0.4, -0.2) is 44.8 Å². The zero-order valence-corrected chi connectivity index (χ0v) is 18.5. The second kappa shape index (κ2) is 12.7. The zero-order valence-electron chi connectivity index (χ0n) is 18.5. The average molecular weight is 440 g/mol. The van der Waals surface area contributed by atoms with Crippen LogP contribution in [0.4, 0.5) is 0 Å². The van der Waals surface area contributed by atoms with E-state index in [0.717, 1.165) is 0 Å². The lowest BCUT2D eigenvalue weighted by atomic mass is 10.1. The Labute approximate surface area is 188 Å². The summed E-state index contributed by atoms with van der Waals surface area (Å²) in [5, 5.41) is 2.72. The number of primary amides is 1. The maximum absolute atomic E-state index is 12.6. The molecule has 0 bridgehead atoms. The first kappa shape index (κ1) is 24.4. The maximum atomic E-state index is 12.6. The third-order valence-corrected chi connectivity index (χ3v) is 4.09. The van der Waals surface area contributed by atoms with Crippen LogP contribution in [0, 0.1) is 11.8 Å². The number of hydrogen-bond acceptors (Lipinski definition) is 6. The Kier molecular flexibility index (Phi) is 9.72. The normalized spacial score (nSPS) is 9.84. The summed E-state index contributed by atoms with van der Waals surface area (Å²) in [7, 11) is 0. The van der Waals surface area contributed by atoms with E-state index in [-0.39, 0.29) is 24.6 Å². The van der Waals surface area contributed by atoms with Gasteiger partial charge in [0.25, 0.3) is 11.8 Å². The molecule has 2 amide bonds. The molecule has 0 fully saturated rings. The first-order valence-corrected chi connectivity index (χ1v) is 10.3. The van der Waals surface area contributed by atoms with Crippen LogP contribution in [0.5, 0.6) is 23.0 Å². The molecule has 170 valence electrons. The topological polar surface area (TPSA) is 109 Å². The van der Waals surface area contributed by atoms with Crippen molar-refractivity contribution in [1.82, 2.24) is 5.32 Å². The van der Waals surface area contributed by atoms with Crippen LogP contribution in [0.3, 0.4) is 0 Å². The predicted molar refractivity (Wildman–Crippen MR) is 121 cm³/mol. The van der Waals surface area contributed by atoms with Gasteiger partial charge in [-0.25, -0.2) is 0 Å². The first-order chi connectivity index (χ1) is 15.5. The van der Waals surface area contributed by atoms with Crippen LogP contribution >= 0.6 is 0 Å². The van der Waals surface area contributed by atoms with Crippen LogP contribution in [0.2, 0.25) is 0 Å². The van der Waals surface area contributed by atoms with Gasteiger partial charge in [-0.15, -0.1) is 0 Å². The molecule has 32 heavy (non-hydrogen) atoms. The Morgan fingerprint density at radius 1 is 0.875 bits per heavy atom. The summed E-state index contributed by atoms with van der Waals surface area (Å²) in [5.41, 5.74) is 5.97. The van der Waals surface area contributed by atoms with Gasteiger partial charge in [0.1, 0.15) is 12.4 Å². The van der Waals surface area contributed by atoms with E-state index in [4.69, 9.17) is 24.7 Å². The minimum absolute atomic E-state index is 0.0478. The number of nitrogens with one attached hydrogen (secondary N) is 1. The minimum Gasteiger partial charge on any atom is -0.490 e. The van der Waals surface area contributed by atoms with E-state index in [9.17, 15) is 9.59 Å². The fraction of sp³-hybridized carbons (Fsp3) is 0.333. The number of benzene rings is 2. The van der Waals surface area contributed by atoms with Gasteiger partial charge in [-0.3, -0.25) is 9.59 Å². The number of nitrogens with two attached hydrogens (primary N) is 1. The van der Waals surface area contributed by atoms with Gasteiger partial charge in [0, 0.05) is 5.56 Å². The molecular weight excluding hydrogens is 412 g/mol. The molecule has 2 rings (SSSR count). The molecular formula is C24H28N2O6. The van der Waals surface area contributed by atoms with Crippen molar-refractivity contribution in [3.05, 3.63) is 47.5 Å². The maximum Gasteiger partial charge on any atom is 0.252 e. The quantitative estimate of drug-likeness (QED) is 0.520. The van der Waals surface area contributed by atoms with Crippen molar-refractivity contribution in [2.24, 2.45) is 5.73 Å². The highest BCUT2D eigenvalue weighted by Crippen LogP contribution is 2.39. The van der Waals surface area contributed by atoms with Gasteiger partial charge in [0.05, 0.1) is 31.9 Å². The summed E-state index contributed by atoms with van der Waals surface area (Å²) in [6.07, 6.45) is 0. The number of rotatable bonds is 11. The highest BCUT2D eigenvalue weighted by atomic mass is 16.5. The van der Waals surface area contributed by atoms with Gasteiger partial charge < -0.3 is 30.0 Å². The van der Waals surface area contributed by atoms with Crippen LogP contribution in [-0.2, 0) is 0 Å². The van der Waals surface area contributed by atoms with E-state index in [0.29, 0.717) is 48.4 Å². The van der Waals surface area contributed by atoms with Crippen LogP contribution in [0.15, 0.2) is 36.4 Å². The van der Waals surface area contributed by atoms with Gasteiger partial charge in [0.15, 0.2) is 11.5 Å². The lowest BCUT2D eigenvalue weighted by Gasteiger charge is -2.16. The number of ether oxygens (including phenoxy) is 4. The Morgan fingerprint density at radius 2 is 1.50 bits per heavy atom. The molecule has 0 aliphatic heterocycles. The number of amides is 2. The summed E-state index contributed by atoms with van der Waals surface area (Å²) in [6.45, 7) is 6.99. The van der Waals surface area contributed by atoms with Crippen molar-refractivity contribution < 1.29 is 28.5 Å². The highest BCUT2D eigenvalue weighted by molar-refractivity contribution is 5.96. The van der Waals surface area contributed by atoms with Crippen molar-refractivity contribution >= 4 is 11.8 Å². The Hall–Kier alpha value is -3.86. The Balaban J connectivity index is 2.01. The lowest BCUT2D eigenvalue weighted by molar-refractivity contribution is 0.0955. The molecule has 0 spiro atoms. The molecule has 0 unspecified atom stereocenters. The van der Waals surface area contributed by atoms with Gasteiger partial charge in [0.2, 0.25) is 5.75 Å². The largest absolute Gasteiger partial charge is 0.490 e. The lowest BCUT2D eigenvalue weighted by Crippen LogP contribution is -2.24. The fourth-order valence-corrected chi connectivity index (χ4v) is 2.77. The van der Waals surface area contributed by atoms with Gasteiger partial charge in [-0.1, -0.05) is 24.0 Å². The molecule has 3 N–H and O–H groups in total. The molecule has 0 aromatic heterocycles. The first-order valence-electron chi connectivity index (χ1n) is 10.3. The second-order valence-corrected chi connectivity index (χ2v) is 6.29. The van der Waals surface area contributed by atoms with E-state index < -0.39 is 5.91 Å². The monoisotopic (exact) mass is 440 g/mol. The molecule has 0 saturated carbocycles. The zero-order chi connectivity index (χ0) is 23.3. The van der Waals surface area contributed by atoms with E-state index in [1.807, 2.05) is 20.8 Å². The third kappa shape index (κ3) is 6.84.